The highest BCUT2D eigenvalue weighted by molar-refractivity contribution is 6.31. The minimum atomic E-state index is -0.320. The summed E-state index contributed by atoms with van der Waals surface area (Å²) in [4.78, 5) is 2.39. The van der Waals surface area contributed by atoms with Gasteiger partial charge in [0.15, 0.2) is 0 Å². The second-order valence-corrected chi connectivity index (χ2v) is 10.4. The Balaban J connectivity index is 2.87. The number of anilines is 1. The molecule has 0 fully saturated rings. The summed E-state index contributed by atoms with van der Waals surface area (Å²) < 4.78 is 14.4. The first-order valence-corrected chi connectivity index (χ1v) is 8.78. The zero-order valence-corrected chi connectivity index (χ0v) is 16.8. The van der Waals surface area contributed by atoms with E-state index >= 15 is 0 Å². The van der Waals surface area contributed by atoms with Gasteiger partial charge in [-0.15, -0.1) is 0 Å². The highest BCUT2D eigenvalue weighted by Gasteiger charge is 2.58. The van der Waals surface area contributed by atoms with Crippen molar-refractivity contribution in [1.29, 1.82) is 0 Å². The summed E-state index contributed by atoms with van der Waals surface area (Å²) in [6.45, 7) is 21.1. The van der Waals surface area contributed by atoms with Gasteiger partial charge in [0.2, 0.25) is 0 Å². The quantitative estimate of drug-likeness (QED) is 0.526. The third kappa shape index (κ3) is 2.67. The Morgan fingerprint density at radius 3 is 1.83 bits per heavy atom. The predicted molar refractivity (Wildman–Crippen MR) is 99.1 cm³/mol. The summed E-state index contributed by atoms with van der Waals surface area (Å²) in [5.41, 5.74) is 1.94. The van der Waals surface area contributed by atoms with Crippen LogP contribution < -0.4 is 4.90 Å². The minimum Gasteiger partial charge on any atom is -0.365 e. The third-order valence-electron chi connectivity index (χ3n) is 5.55. The molecule has 0 spiro atoms. The third-order valence-corrected chi connectivity index (χ3v) is 5.84. The van der Waals surface area contributed by atoms with Crippen LogP contribution in [0.15, 0.2) is 12.1 Å². The van der Waals surface area contributed by atoms with Gasteiger partial charge in [-0.05, 0) is 49.3 Å². The van der Waals surface area contributed by atoms with Crippen molar-refractivity contribution in [3.63, 3.8) is 0 Å². The normalized spacial score (nSPS) is 18.3. The van der Waals surface area contributed by atoms with Crippen LogP contribution in [-0.4, -0.2) is 12.1 Å². The van der Waals surface area contributed by atoms with Gasteiger partial charge in [0.1, 0.15) is 5.82 Å². The van der Waals surface area contributed by atoms with E-state index in [9.17, 15) is 4.39 Å². The van der Waals surface area contributed by atoms with Crippen LogP contribution >= 0.6 is 11.6 Å². The van der Waals surface area contributed by atoms with E-state index in [1.165, 1.54) is 0 Å². The minimum absolute atomic E-state index is 0.0136. The molecule has 0 atom stereocenters. The Morgan fingerprint density at radius 1 is 0.957 bits per heavy atom. The maximum absolute atomic E-state index is 14.4. The molecular weight excluding hydrogens is 309 g/mol. The average Bonchev–Trinajstić information content (AvgIpc) is 2.63. The maximum Gasteiger partial charge on any atom is 0.142 e. The van der Waals surface area contributed by atoms with E-state index in [1.807, 2.05) is 6.07 Å². The molecule has 1 nitrogen and oxygen atoms in total. The molecule has 0 N–H and O–H groups in total. The molecule has 0 amide bonds. The fraction of sp³-hybridized carbons (Fsp3) is 0.700. The fourth-order valence-corrected chi connectivity index (χ4v) is 4.67. The lowest BCUT2D eigenvalue weighted by molar-refractivity contribution is 0.0634. The molecule has 0 aromatic heterocycles. The molecule has 0 unspecified atom stereocenters. The second-order valence-electron chi connectivity index (χ2n) is 9.95. The van der Waals surface area contributed by atoms with Gasteiger partial charge in [0.25, 0.3) is 0 Å². The van der Waals surface area contributed by atoms with Crippen molar-refractivity contribution in [3.8, 4) is 0 Å². The van der Waals surface area contributed by atoms with Gasteiger partial charge >= 0.3 is 0 Å². The first-order valence-electron chi connectivity index (χ1n) is 8.40. The van der Waals surface area contributed by atoms with Gasteiger partial charge in [-0.1, -0.05) is 53.1 Å². The van der Waals surface area contributed by atoms with Crippen molar-refractivity contribution < 1.29 is 4.39 Å². The van der Waals surface area contributed by atoms with Crippen molar-refractivity contribution in [2.45, 2.75) is 73.3 Å². The Kier molecular flexibility index (Phi) is 4.13. The lowest BCUT2D eigenvalue weighted by Crippen LogP contribution is -2.55. The summed E-state index contributed by atoms with van der Waals surface area (Å²) >= 11 is 6.13. The van der Waals surface area contributed by atoms with Crippen LogP contribution in [0.25, 0.3) is 0 Å². The van der Waals surface area contributed by atoms with Crippen molar-refractivity contribution in [3.05, 3.63) is 28.5 Å². The summed E-state index contributed by atoms with van der Waals surface area (Å²) in [7, 11) is 0. The van der Waals surface area contributed by atoms with Crippen LogP contribution in [0, 0.1) is 16.6 Å². The highest BCUT2D eigenvalue weighted by atomic mass is 35.5. The number of hydrogen-bond acceptors (Lipinski definition) is 1. The Bertz CT molecular complexity index is 600. The number of benzene rings is 1. The number of halogens is 2. The number of fused-ring (bicyclic) bond motifs is 1. The smallest absolute Gasteiger partial charge is 0.142 e. The molecule has 130 valence electrons. The molecule has 0 aliphatic carbocycles. The van der Waals surface area contributed by atoms with Crippen molar-refractivity contribution in [1.82, 2.24) is 0 Å². The summed E-state index contributed by atoms with van der Waals surface area (Å²) in [5, 5.41) is 0.205. The Hall–Kier alpha value is -0.760. The van der Waals surface area contributed by atoms with E-state index in [4.69, 9.17) is 11.6 Å². The summed E-state index contributed by atoms with van der Waals surface area (Å²) in [6, 6.07) is 3.50. The molecule has 2 rings (SSSR count). The SMILES string of the molecule is CC(C)(C)N1CC(C(C)(C)C)(C(C)(C)C)c2cc(F)c(Cl)cc21. The monoisotopic (exact) mass is 339 g/mol. The second kappa shape index (κ2) is 5.12. The number of rotatable bonds is 0. The summed E-state index contributed by atoms with van der Waals surface area (Å²) in [6.07, 6.45) is 0. The van der Waals surface area contributed by atoms with E-state index in [0.29, 0.717) is 0 Å². The first-order chi connectivity index (χ1) is 10.1. The molecule has 1 aromatic rings. The van der Waals surface area contributed by atoms with E-state index in [-0.39, 0.29) is 32.6 Å². The largest absolute Gasteiger partial charge is 0.365 e. The topological polar surface area (TPSA) is 3.24 Å². The van der Waals surface area contributed by atoms with Crippen molar-refractivity contribution in [2.24, 2.45) is 10.8 Å². The average molecular weight is 340 g/mol. The van der Waals surface area contributed by atoms with Gasteiger partial charge in [-0.3, -0.25) is 0 Å². The van der Waals surface area contributed by atoms with Crippen molar-refractivity contribution >= 4 is 17.3 Å². The predicted octanol–water partition coefficient (Wildman–Crippen LogP) is 6.43. The standard InChI is InChI=1S/C20H31ClFN/c1-17(2,3)20(18(4,5)6)12-23(19(7,8)9)16-11-14(21)15(22)10-13(16)20/h10-11H,12H2,1-9H3. The molecule has 0 saturated heterocycles. The van der Waals surface area contributed by atoms with Gasteiger partial charge < -0.3 is 4.90 Å². The lowest BCUT2D eigenvalue weighted by atomic mass is 9.52. The highest BCUT2D eigenvalue weighted by Crippen LogP contribution is 2.61. The molecule has 1 heterocycles. The van der Waals surface area contributed by atoms with Gasteiger partial charge in [-0.2, -0.15) is 0 Å². The maximum atomic E-state index is 14.4. The fourth-order valence-electron chi connectivity index (χ4n) is 4.51. The van der Waals surface area contributed by atoms with E-state index < -0.39 is 0 Å². The summed E-state index contributed by atoms with van der Waals surface area (Å²) in [5.74, 6) is -0.320. The lowest BCUT2D eigenvalue weighted by Gasteiger charge is -2.52. The van der Waals surface area contributed by atoms with E-state index in [2.05, 4.69) is 67.2 Å². The zero-order valence-electron chi connectivity index (χ0n) is 16.1. The molecule has 1 aliphatic heterocycles. The number of hydrogen-bond donors (Lipinski definition) is 0. The molecular formula is C20H31ClFN. The van der Waals surface area contributed by atoms with Crippen LogP contribution in [0.1, 0.15) is 67.9 Å². The molecule has 23 heavy (non-hydrogen) atoms. The van der Waals surface area contributed by atoms with Crippen molar-refractivity contribution in [2.75, 3.05) is 11.4 Å². The van der Waals surface area contributed by atoms with Gasteiger partial charge in [0.05, 0.1) is 5.02 Å². The molecule has 1 aromatic carbocycles. The van der Waals surface area contributed by atoms with Crippen LogP contribution in [0.3, 0.4) is 0 Å². The molecule has 0 saturated carbocycles. The van der Waals surface area contributed by atoms with E-state index in [0.717, 1.165) is 17.8 Å². The Labute approximate surface area is 146 Å². The van der Waals surface area contributed by atoms with E-state index in [1.54, 1.807) is 6.07 Å². The Morgan fingerprint density at radius 2 is 1.43 bits per heavy atom. The van der Waals surface area contributed by atoms with Gasteiger partial charge in [0, 0.05) is 23.2 Å². The molecule has 3 heteroatoms. The van der Waals surface area contributed by atoms with Gasteiger partial charge in [-0.25, -0.2) is 4.39 Å². The first kappa shape index (κ1) is 18.6. The molecule has 1 aliphatic rings. The zero-order chi connectivity index (χ0) is 18.0. The van der Waals surface area contributed by atoms with Crippen LogP contribution in [-0.2, 0) is 5.41 Å². The van der Waals surface area contributed by atoms with Crippen LogP contribution in [0.2, 0.25) is 5.02 Å². The van der Waals surface area contributed by atoms with Crippen LogP contribution in [0.4, 0.5) is 10.1 Å². The van der Waals surface area contributed by atoms with Crippen LogP contribution in [0.5, 0.6) is 0 Å². The molecule has 0 bridgehead atoms. The molecule has 0 radical (unpaired) electrons. The number of nitrogens with zero attached hydrogens (tertiary/aromatic N) is 1.